The molecule has 0 aliphatic carbocycles. The number of allylic oxidation sites excluding steroid dienone is 4. The van der Waals surface area contributed by atoms with E-state index < -0.39 is 5.97 Å². The second-order valence-corrected chi connectivity index (χ2v) is 12.5. The Hall–Kier alpha value is -1.09. The first-order chi connectivity index (χ1) is 20.0. The summed E-state index contributed by atoms with van der Waals surface area (Å²) in [4.78, 5) is 12.6. The molecule has 0 fully saturated rings. The largest absolute Gasteiger partial charge is 0.481 e. The van der Waals surface area contributed by atoms with E-state index in [1.807, 2.05) is 0 Å². The summed E-state index contributed by atoms with van der Waals surface area (Å²) in [6.07, 6.45) is 45.6. The Bertz CT molecular complexity index is 540. The summed E-state index contributed by atoms with van der Waals surface area (Å²) in [5.74, 6) is -0.664. The van der Waals surface area contributed by atoms with Crippen molar-refractivity contribution in [1.82, 2.24) is 4.90 Å². The number of rotatable bonds is 31. The summed E-state index contributed by atoms with van der Waals surface area (Å²) in [7, 11) is 4.33. The maximum Gasteiger partial charge on any atom is 0.303 e. The number of hydrogen-bond donors (Lipinski definition) is 1. The second kappa shape index (κ2) is 38.9. The van der Waals surface area contributed by atoms with Crippen LogP contribution in [0.4, 0.5) is 0 Å². The van der Waals surface area contributed by atoms with Crippen LogP contribution >= 0.6 is 0 Å². The van der Waals surface area contributed by atoms with Crippen molar-refractivity contribution in [3.63, 3.8) is 0 Å². The van der Waals surface area contributed by atoms with E-state index in [4.69, 9.17) is 5.11 Å². The molecule has 0 bridgehead atoms. The van der Waals surface area contributed by atoms with E-state index in [1.165, 1.54) is 167 Å². The number of hydrogen-bond acceptors (Lipinski definition) is 2. The number of unbranched alkanes of at least 4 members (excludes halogenated alkanes) is 23. The molecule has 3 nitrogen and oxygen atoms in total. The Kier molecular flexibility index (Phi) is 39.9. The zero-order valence-corrected chi connectivity index (χ0v) is 28.6. The minimum atomic E-state index is -0.664. The van der Waals surface area contributed by atoms with Gasteiger partial charge in [-0.25, -0.2) is 0 Å². The summed E-state index contributed by atoms with van der Waals surface area (Å²) in [5.41, 5.74) is 0. The van der Waals surface area contributed by atoms with Gasteiger partial charge in [-0.3, -0.25) is 4.79 Å². The van der Waals surface area contributed by atoms with E-state index in [0.29, 0.717) is 6.42 Å². The van der Waals surface area contributed by atoms with E-state index >= 15 is 0 Å². The van der Waals surface area contributed by atoms with Crippen LogP contribution in [0, 0.1) is 0 Å². The number of nitrogens with zero attached hydrogens (tertiary/aromatic N) is 1. The van der Waals surface area contributed by atoms with Gasteiger partial charge in [0.1, 0.15) is 0 Å². The zero-order chi connectivity index (χ0) is 30.5. The highest BCUT2D eigenvalue weighted by molar-refractivity contribution is 5.66. The van der Waals surface area contributed by atoms with Crippen molar-refractivity contribution in [1.29, 1.82) is 0 Å². The lowest BCUT2D eigenvalue weighted by atomic mass is 10.1. The van der Waals surface area contributed by atoms with E-state index in [-0.39, 0.29) is 0 Å². The lowest BCUT2D eigenvalue weighted by Crippen LogP contribution is -2.12. The second-order valence-electron chi connectivity index (χ2n) is 12.5. The molecule has 0 heterocycles. The molecule has 1 N–H and O–H groups in total. The third kappa shape index (κ3) is 46.1. The first-order valence-corrected chi connectivity index (χ1v) is 18.2. The first-order valence-electron chi connectivity index (χ1n) is 18.2. The molecular formula is C38H75NO2. The molecule has 0 rings (SSSR count). The lowest BCUT2D eigenvalue weighted by molar-refractivity contribution is -0.137. The van der Waals surface area contributed by atoms with Gasteiger partial charge in [0.05, 0.1) is 0 Å². The van der Waals surface area contributed by atoms with Crippen LogP contribution < -0.4 is 0 Å². The predicted octanol–water partition coefficient (Wildman–Crippen LogP) is 12.7. The molecule has 0 aromatic carbocycles. The van der Waals surface area contributed by atoms with Crippen molar-refractivity contribution in [2.24, 2.45) is 0 Å². The molecule has 0 atom stereocenters. The van der Waals surface area contributed by atoms with Crippen molar-refractivity contribution in [2.45, 2.75) is 194 Å². The highest BCUT2D eigenvalue weighted by Crippen LogP contribution is 2.11. The molecule has 0 unspecified atom stereocenters. The van der Waals surface area contributed by atoms with Gasteiger partial charge in [0.15, 0.2) is 0 Å². The van der Waals surface area contributed by atoms with Gasteiger partial charge in [-0.1, -0.05) is 147 Å². The van der Waals surface area contributed by atoms with Crippen LogP contribution in [-0.4, -0.2) is 36.6 Å². The topological polar surface area (TPSA) is 40.5 Å². The van der Waals surface area contributed by atoms with E-state index in [9.17, 15) is 4.79 Å². The van der Waals surface area contributed by atoms with Crippen molar-refractivity contribution < 1.29 is 9.90 Å². The lowest BCUT2D eigenvalue weighted by Gasteiger charge is -2.08. The highest BCUT2D eigenvalue weighted by Gasteiger charge is 1.96. The van der Waals surface area contributed by atoms with Gasteiger partial charge in [-0.15, -0.1) is 0 Å². The summed E-state index contributed by atoms with van der Waals surface area (Å²) >= 11 is 0. The number of aliphatic carboxylic acids is 1. The molecule has 0 aliphatic rings. The third-order valence-corrected chi connectivity index (χ3v) is 7.77. The quantitative estimate of drug-likeness (QED) is 0.0658. The molecule has 0 aliphatic heterocycles. The Morgan fingerprint density at radius 1 is 0.463 bits per heavy atom. The zero-order valence-electron chi connectivity index (χ0n) is 28.6. The minimum absolute atomic E-state index is 0.332. The SMILES string of the molecule is CCCCCCCC/C=C\CCCCCCCC(=O)O.CCCCCCCC/C=C\CCCCCCCCN(C)C. The smallest absolute Gasteiger partial charge is 0.303 e. The number of carboxylic acid groups (broad SMARTS) is 1. The maximum absolute atomic E-state index is 10.3. The van der Waals surface area contributed by atoms with Gasteiger partial charge in [-0.2, -0.15) is 0 Å². The molecule has 0 aromatic rings. The number of carboxylic acids is 1. The predicted molar refractivity (Wildman–Crippen MR) is 185 cm³/mol. The fraction of sp³-hybridized carbons (Fsp3) is 0.868. The van der Waals surface area contributed by atoms with Crippen LogP contribution in [0.1, 0.15) is 194 Å². The van der Waals surface area contributed by atoms with Gasteiger partial charge in [-0.05, 0) is 84.8 Å². The van der Waals surface area contributed by atoms with Crippen molar-refractivity contribution >= 4 is 5.97 Å². The highest BCUT2D eigenvalue weighted by atomic mass is 16.4. The Morgan fingerprint density at radius 2 is 0.756 bits per heavy atom. The van der Waals surface area contributed by atoms with Crippen LogP contribution in [0.15, 0.2) is 24.3 Å². The van der Waals surface area contributed by atoms with E-state index in [2.05, 4.69) is 57.1 Å². The third-order valence-electron chi connectivity index (χ3n) is 7.77. The molecule has 0 radical (unpaired) electrons. The summed E-state index contributed by atoms with van der Waals surface area (Å²) in [5, 5.41) is 8.51. The average molecular weight is 578 g/mol. The maximum atomic E-state index is 10.3. The fourth-order valence-corrected chi connectivity index (χ4v) is 5.02. The Balaban J connectivity index is 0. The van der Waals surface area contributed by atoms with Crippen LogP contribution in [-0.2, 0) is 4.79 Å². The molecule has 3 heteroatoms. The average Bonchev–Trinajstić information content (AvgIpc) is 2.95. The van der Waals surface area contributed by atoms with Gasteiger partial charge < -0.3 is 10.0 Å². The van der Waals surface area contributed by atoms with Gasteiger partial charge in [0.2, 0.25) is 0 Å². The van der Waals surface area contributed by atoms with Crippen LogP contribution in [0.2, 0.25) is 0 Å². The summed E-state index contributed by atoms with van der Waals surface area (Å²) in [6.45, 7) is 5.79. The van der Waals surface area contributed by atoms with Gasteiger partial charge in [0, 0.05) is 6.42 Å². The summed E-state index contributed by atoms with van der Waals surface area (Å²) in [6, 6.07) is 0. The van der Waals surface area contributed by atoms with E-state index in [1.54, 1.807) is 0 Å². The Morgan fingerprint density at radius 3 is 1.07 bits per heavy atom. The van der Waals surface area contributed by atoms with Crippen LogP contribution in [0.25, 0.3) is 0 Å². The standard InChI is InChI=1S/C20H41N.C18H34O2/c1-4-5-6-7-8-9-10-11-12-13-14-15-16-17-18-19-20-21(2)3;1-2-3-4-5-6-7-8-9-10-11-12-13-14-15-16-17-18(19)20/h11-12H,4-10,13-20H2,1-3H3;9-10H,2-8,11-17H2,1H3,(H,19,20)/b12-11-;10-9-. The Labute approximate surface area is 259 Å². The molecule has 0 saturated carbocycles. The van der Waals surface area contributed by atoms with E-state index in [0.717, 1.165) is 12.8 Å². The molecule has 0 spiro atoms. The summed E-state index contributed by atoms with van der Waals surface area (Å²) < 4.78 is 0. The van der Waals surface area contributed by atoms with Crippen LogP contribution in [0.3, 0.4) is 0 Å². The normalized spacial score (nSPS) is 11.5. The van der Waals surface area contributed by atoms with Gasteiger partial charge >= 0.3 is 5.97 Å². The molecule has 244 valence electrons. The van der Waals surface area contributed by atoms with Crippen molar-refractivity contribution in [2.75, 3.05) is 20.6 Å². The van der Waals surface area contributed by atoms with Crippen molar-refractivity contribution in [3.8, 4) is 0 Å². The van der Waals surface area contributed by atoms with Gasteiger partial charge in [0.25, 0.3) is 0 Å². The molecule has 0 aromatic heterocycles. The van der Waals surface area contributed by atoms with Crippen molar-refractivity contribution in [3.05, 3.63) is 24.3 Å². The molecule has 0 amide bonds. The van der Waals surface area contributed by atoms with Crippen LogP contribution in [0.5, 0.6) is 0 Å². The first kappa shape index (κ1) is 42.0. The monoisotopic (exact) mass is 578 g/mol. The minimum Gasteiger partial charge on any atom is -0.481 e. The number of carbonyl (C=O) groups is 1. The fourth-order valence-electron chi connectivity index (χ4n) is 5.02. The molecule has 41 heavy (non-hydrogen) atoms. The molecule has 0 saturated heterocycles. The molecular weight excluding hydrogens is 502 g/mol.